The van der Waals surface area contributed by atoms with Crippen molar-refractivity contribution < 1.29 is 104 Å². The molecule has 304 valence electrons. The van der Waals surface area contributed by atoms with Gasteiger partial charge >= 0.3 is 0 Å². The Morgan fingerprint density at radius 3 is 2.13 bits per heavy atom. The molecule has 2 aromatic carbocycles. The maximum Gasteiger partial charge on any atom is 0.239 e. The summed E-state index contributed by atoms with van der Waals surface area (Å²) in [6.45, 7) is -3.22. The first-order valence-corrected chi connectivity index (χ1v) is 16.6. The molecular weight excluding hydrogens is 748 g/mol. The van der Waals surface area contributed by atoms with E-state index in [1.165, 1.54) is 6.07 Å². The van der Waals surface area contributed by atoms with Gasteiger partial charge in [0.1, 0.15) is 65.4 Å². The number of aromatic hydroxyl groups is 4. The van der Waals surface area contributed by atoms with E-state index in [4.69, 9.17) is 37.6 Å². The van der Waals surface area contributed by atoms with E-state index < -0.39 is 162 Å². The molecule has 0 saturated carbocycles. The molecule has 0 aliphatic carbocycles. The standard InChI is InChI=1S/C33H40O22/c1-48-26-13(38)5-14-17(20(26)41)21(42)27(25(51-14)10-2-3-11(36)12(37)4-10)54-31-28(55-32-29(46)33(47,8-35)9-50-32)23(44)19(40)16(53-31)7-49-30-24(45)22(43)18(39)15(6-34)52-30/h2-5,15-16,18-19,22-24,28-32,34-41,43-47H,6-9H2,1H3/t15-,16-,18+,19+,22+,23+,24-,28+,29-,30-,31+,32+,33+/m1/s1. The van der Waals surface area contributed by atoms with E-state index in [2.05, 4.69) is 0 Å². The largest absolute Gasteiger partial charge is 0.504 e. The molecule has 3 aliphatic heterocycles. The zero-order chi connectivity index (χ0) is 40.1. The molecule has 4 heterocycles. The summed E-state index contributed by atoms with van der Waals surface area (Å²) >= 11 is 0. The Balaban J connectivity index is 1.42. The van der Waals surface area contributed by atoms with E-state index in [9.17, 15) is 71.2 Å². The van der Waals surface area contributed by atoms with Crippen LogP contribution in [0.2, 0.25) is 0 Å². The van der Waals surface area contributed by atoms with Crippen LogP contribution >= 0.6 is 0 Å². The molecule has 22 heteroatoms. The summed E-state index contributed by atoms with van der Waals surface area (Å²) < 4.78 is 44.6. The molecule has 0 unspecified atom stereocenters. The van der Waals surface area contributed by atoms with E-state index in [0.717, 1.165) is 25.3 Å². The molecule has 13 N–H and O–H groups in total. The fraction of sp³-hybridized carbons (Fsp3) is 0.545. The van der Waals surface area contributed by atoms with Gasteiger partial charge in [0.2, 0.25) is 23.2 Å². The average molecular weight is 789 g/mol. The van der Waals surface area contributed by atoms with Gasteiger partial charge in [-0.3, -0.25) is 4.79 Å². The third-order valence-electron chi connectivity index (χ3n) is 9.51. The fourth-order valence-electron chi connectivity index (χ4n) is 6.31. The van der Waals surface area contributed by atoms with Gasteiger partial charge in [-0.2, -0.15) is 0 Å². The molecule has 22 nitrogen and oxygen atoms in total. The van der Waals surface area contributed by atoms with Crippen molar-refractivity contribution in [3.8, 4) is 45.8 Å². The van der Waals surface area contributed by atoms with E-state index >= 15 is 0 Å². The number of ether oxygens (including phenoxy) is 7. The van der Waals surface area contributed by atoms with Gasteiger partial charge in [0.15, 0.2) is 47.4 Å². The fourth-order valence-corrected chi connectivity index (χ4v) is 6.31. The van der Waals surface area contributed by atoms with Gasteiger partial charge in [0.05, 0.1) is 33.5 Å². The average Bonchev–Trinajstić information content (AvgIpc) is 3.44. The van der Waals surface area contributed by atoms with Gasteiger partial charge in [-0.15, -0.1) is 0 Å². The predicted octanol–water partition coefficient (Wildman–Crippen LogP) is -4.24. The van der Waals surface area contributed by atoms with Crippen molar-refractivity contribution in [3.05, 3.63) is 34.5 Å². The molecule has 3 aromatic rings. The lowest BCUT2D eigenvalue weighted by Gasteiger charge is -2.44. The lowest BCUT2D eigenvalue weighted by molar-refractivity contribution is -0.337. The van der Waals surface area contributed by atoms with Crippen LogP contribution in [0.1, 0.15) is 0 Å². The number of fused-ring (bicyclic) bond motifs is 1. The predicted molar refractivity (Wildman–Crippen MR) is 175 cm³/mol. The van der Waals surface area contributed by atoms with Crippen LogP contribution in [0.5, 0.6) is 34.5 Å². The van der Waals surface area contributed by atoms with Gasteiger partial charge in [-0.1, -0.05) is 0 Å². The molecule has 0 amide bonds. The van der Waals surface area contributed by atoms with Gasteiger partial charge in [0.25, 0.3) is 0 Å². The summed E-state index contributed by atoms with van der Waals surface area (Å²) in [6.07, 6.45) is -22.1. The molecule has 1 aromatic heterocycles. The molecule has 3 aliphatic rings. The number of hydrogen-bond donors (Lipinski definition) is 13. The van der Waals surface area contributed by atoms with Crippen LogP contribution in [0.3, 0.4) is 0 Å². The van der Waals surface area contributed by atoms with Crippen LogP contribution in [0, 0.1) is 0 Å². The van der Waals surface area contributed by atoms with Crippen molar-refractivity contribution in [2.75, 3.05) is 33.5 Å². The van der Waals surface area contributed by atoms with Crippen LogP contribution in [0.15, 0.2) is 33.5 Å². The van der Waals surface area contributed by atoms with Gasteiger partial charge < -0.3 is 104 Å². The highest BCUT2D eigenvalue weighted by Gasteiger charge is 2.54. The SMILES string of the molecule is COc1c(O)cc2oc(-c3ccc(O)c(O)c3)c(O[C@@H]3O[C@H](CO[C@@H]4O[C@H](CO)[C@H](O)[C@H](O)[C@H]4O)[C@H](O)[C@H](O)[C@@H]3O[C@@H]3OC[C@@](O)(CO)[C@@H]3O)c(=O)c2c1O. The molecular formula is C33H40O22. The summed E-state index contributed by atoms with van der Waals surface area (Å²) in [6, 6.07) is 4.09. The number of rotatable bonds is 11. The van der Waals surface area contributed by atoms with Gasteiger partial charge in [0, 0.05) is 11.6 Å². The minimum atomic E-state index is -2.22. The number of hydrogen-bond acceptors (Lipinski definition) is 22. The van der Waals surface area contributed by atoms with Crippen molar-refractivity contribution in [2.24, 2.45) is 0 Å². The highest BCUT2D eigenvalue weighted by molar-refractivity contribution is 5.91. The summed E-state index contributed by atoms with van der Waals surface area (Å²) in [5.74, 6) is -4.71. The first-order chi connectivity index (χ1) is 26.0. The second-order valence-corrected chi connectivity index (χ2v) is 13.1. The Morgan fingerprint density at radius 1 is 0.800 bits per heavy atom. The number of phenols is 4. The zero-order valence-electron chi connectivity index (χ0n) is 28.6. The van der Waals surface area contributed by atoms with Gasteiger partial charge in [-0.25, -0.2) is 0 Å². The van der Waals surface area contributed by atoms with E-state index in [0.29, 0.717) is 0 Å². The highest BCUT2D eigenvalue weighted by Crippen LogP contribution is 2.45. The van der Waals surface area contributed by atoms with Crippen LogP contribution in [0.25, 0.3) is 22.3 Å². The number of methoxy groups -OCH3 is 1. The monoisotopic (exact) mass is 788 g/mol. The van der Waals surface area contributed by atoms with Crippen molar-refractivity contribution in [2.45, 2.75) is 79.4 Å². The van der Waals surface area contributed by atoms with Crippen LogP contribution in [-0.2, 0) is 23.7 Å². The number of phenolic OH excluding ortho intramolecular Hbond substituents is 4. The second-order valence-electron chi connectivity index (χ2n) is 13.1. The third-order valence-corrected chi connectivity index (χ3v) is 9.51. The van der Waals surface area contributed by atoms with E-state index in [-0.39, 0.29) is 5.56 Å². The quantitative estimate of drug-likeness (QED) is 0.0818. The molecule has 0 bridgehead atoms. The Morgan fingerprint density at radius 2 is 1.49 bits per heavy atom. The molecule has 3 saturated heterocycles. The van der Waals surface area contributed by atoms with Crippen molar-refractivity contribution in [3.63, 3.8) is 0 Å². The van der Waals surface area contributed by atoms with Crippen molar-refractivity contribution >= 4 is 11.0 Å². The molecule has 55 heavy (non-hydrogen) atoms. The maximum absolute atomic E-state index is 14.2. The van der Waals surface area contributed by atoms with E-state index in [1.54, 1.807) is 0 Å². The highest BCUT2D eigenvalue weighted by atomic mass is 16.8. The van der Waals surface area contributed by atoms with Gasteiger partial charge in [-0.05, 0) is 18.2 Å². The molecule has 13 atom stereocenters. The minimum Gasteiger partial charge on any atom is -0.504 e. The summed E-state index contributed by atoms with van der Waals surface area (Å²) in [5, 5.41) is 135. The summed E-state index contributed by atoms with van der Waals surface area (Å²) in [5.41, 5.74) is -3.97. The zero-order valence-corrected chi connectivity index (χ0v) is 28.6. The minimum absolute atomic E-state index is 0.141. The van der Waals surface area contributed by atoms with Crippen LogP contribution in [-0.4, -0.2) is 179 Å². The third kappa shape index (κ3) is 7.34. The van der Waals surface area contributed by atoms with Crippen molar-refractivity contribution in [1.82, 2.24) is 0 Å². The topological polar surface area (TPSA) is 358 Å². The van der Waals surface area contributed by atoms with Crippen LogP contribution < -0.4 is 14.9 Å². The lowest BCUT2D eigenvalue weighted by Crippen LogP contribution is -2.63. The normalized spacial score (nSPS) is 35.2. The Kier molecular flexibility index (Phi) is 11.6. The second kappa shape index (κ2) is 15.8. The number of benzene rings is 2. The Labute approximate surface area is 308 Å². The molecule has 3 fully saturated rings. The number of aliphatic hydroxyl groups is 9. The first-order valence-electron chi connectivity index (χ1n) is 16.6. The molecule has 6 rings (SSSR count). The van der Waals surface area contributed by atoms with Crippen molar-refractivity contribution in [1.29, 1.82) is 0 Å². The lowest BCUT2D eigenvalue weighted by atomic mass is 9.97. The van der Waals surface area contributed by atoms with E-state index in [1.807, 2.05) is 0 Å². The Hall–Kier alpha value is -4.11. The molecule has 0 radical (unpaired) electrons. The Bertz CT molecular complexity index is 1900. The van der Waals surface area contributed by atoms with Crippen LogP contribution in [0.4, 0.5) is 0 Å². The molecule has 0 spiro atoms. The smallest absolute Gasteiger partial charge is 0.239 e. The maximum atomic E-state index is 14.2. The summed E-state index contributed by atoms with van der Waals surface area (Å²) in [4.78, 5) is 14.2. The summed E-state index contributed by atoms with van der Waals surface area (Å²) in [7, 11) is 1.08. The number of aliphatic hydroxyl groups excluding tert-OH is 8. The first kappa shape index (κ1) is 40.6.